The number of carbonyl (C=O) groups excluding carboxylic acids is 1. The first-order chi connectivity index (χ1) is 9.96. The van der Waals surface area contributed by atoms with E-state index < -0.39 is 0 Å². The molecule has 2 aromatic heterocycles. The van der Waals surface area contributed by atoms with Gasteiger partial charge in [0.2, 0.25) is 0 Å². The molecule has 8 heteroatoms. The van der Waals surface area contributed by atoms with Crippen LogP contribution in [0, 0.1) is 13.8 Å². The van der Waals surface area contributed by atoms with Crippen molar-refractivity contribution >= 4 is 44.7 Å². The molecule has 0 aliphatic rings. The number of anilines is 3. The van der Waals surface area contributed by atoms with Gasteiger partial charge < -0.3 is 10.6 Å². The summed E-state index contributed by atoms with van der Waals surface area (Å²) in [6, 6.07) is 0. The summed E-state index contributed by atoms with van der Waals surface area (Å²) < 4.78 is 0. The van der Waals surface area contributed by atoms with E-state index in [1.54, 1.807) is 0 Å². The molecule has 3 N–H and O–H groups in total. The van der Waals surface area contributed by atoms with E-state index in [-0.39, 0.29) is 11.7 Å². The van der Waals surface area contributed by atoms with E-state index in [1.807, 2.05) is 27.7 Å². The second kappa shape index (κ2) is 6.40. The Balaban J connectivity index is 2.19. The van der Waals surface area contributed by atoms with Gasteiger partial charge in [-0.3, -0.25) is 10.1 Å². The van der Waals surface area contributed by atoms with E-state index >= 15 is 0 Å². The average Bonchev–Trinajstić information content (AvgIpc) is 2.95. The largest absolute Gasteiger partial charge is 0.382 e. The van der Waals surface area contributed by atoms with Gasteiger partial charge in [-0.25, -0.2) is 9.97 Å². The van der Waals surface area contributed by atoms with Crippen LogP contribution in [0.5, 0.6) is 0 Å². The predicted octanol–water partition coefficient (Wildman–Crippen LogP) is 2.90. The summed E-state index contributed by atoms with van der Waals surface area (Å²) >= 11 is 2.77. The van der Waals surface area contributed by atoms with Crippen molar-refractivity contribution in [2.45, 2.75) is 27.7 Å². The first-order valence-electron chi connectivity index (χ1n) is 6.72. The number of thiazole rings is 2. The van der Waals surface area contributed by atoms with Crippen molar-refractivity contribution in [2.24, 2.45) is 0 Å². The van der Waals surface area contributed by atoms with Gasteiger partial charge in [0.25, 0.3) is 5.91 Å². The van der Waals surface area contributed by atoms with Crippen molar-refractivity contribution in [1.82, 2.24) is 9.97 Å². The summed E-state index contributed by atoms with van der Waals surface area (Å²) in [6.45, 7) is 9.64. The maximum atomic E-state index is 12.3. The Labute approximate surface area is 132 Å². The summed E-state index contributed by atoms with van der Waals surface area (Å²) in [5, 5.41) is 4.15. The average molecular weight is 325 g/mol. The molecular formula is C13H19N5OS2. The van der Waals surface area contributed by atoms with E-state index in [2.05, 4.69) is 20.2 Å². The molecule has 0 aliphatic carbocycles. The number of nitrogens with zero attached hydrogens (tertiary/aromatic N) is 3. The highest BCUT2D eigenvalue weighted by molar-refractivity contribution is 7.18. The first kappa shape index (κ1) is 15.7. The molecule has 1 amide bonds. The SMILES string of the molecule is CCN(CC)c1nc(N)c(C(=O)Nc2nc(C)c(C)s2)s1. The van der Waals surface area contributed by atoms with Gasteiger partial charge in [-0.15, -0.1) is 11.3 Å². The minimum absolute atomic E-state index is 0.253. The van der Waals surface area contributed by atoms with Crippen LogP contribution in [0.2, 0.25) is 0 Å². The molecule has 0 aromatic carbocycles. The Morgan fingerprint density at radius 3 is 2.43 bits per heavy atom. The minimum Gasteiger partial charge on any atom is -0.382 e. The molecule has 0 aliphatic heterocycles. The number of rotatable bonds is 5. The molecule has 2 aromatic rings. The standard InChI is InChI=1S/C13H19N5OS2/c1-5-18(6-2)13-16-10(14)9(21-13)11(19)17-12-15-7(3)8(4)20-12/h5-6,14H2,1-4H3,(H,15,17,19). The fraction of sp³-hybridized carbons (Fsp3) is 0.462. The number of aryl methyl sites for hydroxylation is 2. The molecular weight excluding hydrogens is 306 g/mol. The summed E-state index contributed by atoms with van der Waals surface area (Å²) in [5.74, 6) is 0.0153. The van der Waals surface area contributed by atoms with Crippen molar-refractivity contribution in [3.8, 4) is 0 Å². The Hall–Kier alpha value is -1.67. The lowest BCUT2D eigenvalue weighted by atomic mass is 10.4. The number of hydrogen-bond donors (Lipinski definition) is 2. The molecule has 2 heterocycles. The van der Waals surface area contributed by atoms with Crippen LogP contribution in [0.3, 0.4) is 0 Å². The summed E-state index contributed by atoms with van der Waals surface area (Å²) in [6.07, 6.45) is 0. The van der Waals surface area contributed by atoms with Crippen molar-refractivity contribution in [2.75, 3.05) is 29.0 Å². The maximum absolute atomic E-state index is 12.3. The van der Waals surface area contributed by atoms with Gasteiger partial charge in [0.05, 0.1) is 5.69 Å². The first-order valence-corrected chi connectivity index (χ1v) is 8.36. The van der Waals surface area contributed by atoms with Crippen molar-refractivity contribution in [1.29, 1.82) is 0 Å². The highest BCUT2D eigenvalue weighted by Crippen LogP contribution is 2.29. The van der Waals surface area contributed by atoms with E-state index in [1.165, 1.54) is 22.7 Å². The third-order valence-corrected chi connectivity index (χ3v) is 5.25. The summed E-state index contributed by atoms with van der Waals surface area (Å²) in [7, 11) is 0. The van der Waals surface area contributed by atoms with Crippen LogP contribution in [0.4, 0.5) is 16.1 Å². The van der Waals surface area contributed by atoms with Crippen LogP contribution >= 0.6 is 22.7 Å². The number of carbonyl (C=O) groups is 1. The Kier molecular flexibility index (Phi) is 4.79. The molecule has 0 saturated carbocycles. The Morgan fingerprint density at radius 2 is 1.90 bits per heavy atom. The molecule has 0 saturated heterocycles. The second-order valence-electron chi connectivity index (χ2n) is 4.50. The molecule has 0 radical (unpaired) electrons. The number of amides is 1. The van der Waals surface area contributed by atoms with Crippen LogP contribution in [0.25, 0.3) is 0 Å². The van der Waals surface area contributed by atoms with Gasteiger partial charge in [-0.2, -0.15) is 0 Å². The number of nitrogens with two attached hydrogens (primary N) is 1. The lowest BCUT2D eigenvalue weighted by Crippen LogP contribution is -2.21. The van der Waals surface area contributed by atoms with Gasteiger partial charge in [0.15, 0.2) is 10.3 Å². The van der Waals surface area contributed by atoms with Crippen molar-refractivity contribution in [3.63, 3.8) is 0 Å². The van der Waals surface area contributed by atoms with Gasteiger partial charge in [0.1, 0.15) is 10.7 Å². The Morgan fingerprint density at radius 1 is 1.24 bits per heavy atom. The zero-order valence-electron chi connectivity index (χ0n) is 12.6. The van der Waals surface area contributed by atoms with Crippen LogP contribution in [-0.4, -0.2) is 29.0 Å². The lowest BCUT2D eigenvalue weighted by molar-refractivity contribution is 0.103. The number of aromatic nitrogens is 2. The normalized spacial score (nSPS) is 10.7. The maximum Gasteiger partial charge on any atom is 0.271 e. The molecule has 6 nitrogen and oxygen atoms in total. The highest BCUT2D eigenvalue weighted by atomic mass is 32.1. The van der Waals surface area contributed by atoms with Crippen LogP contribution in [0.1, 0.15) is 34.1 Å². The molecule has 0 spiro atoms. The van der Waals surface area contributed by atoms with Crippen LogP contribution < -0.4 is 16.0 Å². The van der Waals surface area contributed by atoms with Crippen molar-refractivity contribution < 1.29 is 4.79 Å². The van der Waals surface area contributed by atoms with Gasteiger partial charge in [-0.05, 0) is 27.7 Å². The van der Waals surface area contributed by atoms with Gasteiger partial charge in [-0.1, -0.05) is 11.3 Å². The second-order valence-corrected chi connectivity index (χ2v) is 6.68. The lowest BCUT2D eigenvalue weighted by Gasteiger charge is -2.16. The molecule has 0 atom stereocenters. The molecule has 0 bridgehead atoms. The third-order valence-electron chi connectivity index (χ3n) is 3.13. The topological polar surface area (TPSA) is 84.1 Å². The quantitative estimate of drug-likeness (QED) is 0.883. The summed E-state index contributed by atoms with van der Waals surface area (Å²) in [4.78, 5) is 24.5. The predicted molar refractivity (Wildman–Crippen MR) is 89.6 cm³/mol. The zero-order chi connectivity index (χ0) is 15.6. The zero-order valence-corrected chi connectivity index (χ0v) is 14.2. The summed E-state index contributed by atoms with van der Waals surface area (Å²) in [5.41, 5.74) is 6.80. The molecule has 21 heavy (non-hydrogen) atoms. The van der Waals surface area contributed by atoms with Gasteiger partial charge in [0, 0.05) is 18.0 Å². The van der Waals surface area contributed by atoms with E-state index in [9.17, 15) is 4.79 Å². The van der Waals surface area contributed by atoms with Crippen LogP contribution in [0.15, 0.2) is 0 Å². The molecule has 0 unspecified atom stereocenters. The number of nitrogens with one attached hydrogen (secondary N) is 1. The van der Waals surface area contributed by atoms with E-state index in [0.29, 0.717) is 10.0 Å². The third kappa shape index (κ3) is 3.33. The number of nitrogen functional groups attached to an aromatic ring is 1. The number of hydrogen-bond acceptors (Lipinski definition) is 7. The van der Waals surface area contributed by atoms with Gasteiger partial charge >= 0.3 is 0 Å². The van der Waals surface area contributed by atoms with Crippen molar-refractivity contribution in [3.05, 3.63) is 15.4 Å². The fourth-order valence-corrected chi connectivity index (χ4v) is 3.61. The monoisotopic (exact) mass is 325 g/mol. The van der Waals surface area contributed by atoms with E-state index in [4.69, 9.17) is 5.73 Å². The Bertz CT molecular complexity index is 626. The fourth-order valence-electron chi connectivity index (χ4n) is 1.79. The van der Waals surface area contributed by atoms with Crippen LogP contribution in [-0.2, 0) is 0 Å². The highest BCUT2D eigenvalue weighted by Gasteiger charge is 2.19. The minimum atomic E-state index is -0.253. The molecule has 0 fully saturated rings. The smallest absolute Gasteiger partial charge is 0.271 e. The van der Waals surface area contributed by atoms with E-state index in [0.717, 1.165) is 28.8 Å². The molecule has 2 rings (SSSR count). The molecule has 114 valence electrons.